The van der Waals surface area contributed by atoms with Gasteiger partial charge in [0.05, 0.1) is 18.8 Å². The highest BCUT2D eigenvalue weighted by Crippen LogP contribution is 2.27. The number of halogens is 1. The normalized spacial score (nSPS) is 27.2. The lowest BCUT2D eigenvalue weighted by molar-refractivity contribution is -0.135. The van der Waals surface area contributed by atoms with Crippen LogP contribution in [0.3, 0.4) is 0 Å². The smallest absolute Gasteiger partial charge is 0.352 e. The third-order valence-corrected chi connectivity index (χ3v) is 3.90. The highest BCUT2D eigenvalue weighted by atomic mass is 127. The van der Waals surface area contributed by atoms with Crippen LogP contribution in [0, 0.1) is 0 Å². The molecule has 6 nitrogen and oxygen atoms in total. The molecule has 19 heavy (non-hydrogen) atoms. The molecule has 0 radical (unpaired) electrons. The standard InChI is InChI=1S/C12H17IN2O4/c1-2-18-10-5-6-15(12(17)14-10)11-4-3-8(16)9(7-13)19-11/h5-6,8-9,11,16H,2-4,7H2,1H3/t8-,9-,11+/m1/s1. The molecule has 1 aliphatic rings. The molecule has 3 atom stereocenters. The number of aromatic nitrogens is 2. The summed E-state index contributed by atoms with van der Waals surface area (Å²) >= 11 is 2.17. The van der Waals surface area contributed by atoms with E-state index in [2.05, 4.69) is 27.6 Å². The van der Waals surface area contributed by atoms with Gasteiger partial charge in [0.15, 0.2) is 0 Å². The SMILES string of the molecule is CCOc1ccn([C@@H]2CC[C@@H](O)[C@@H](CI)O2)c(=O)n1. The summed E-state index contributed by atoms with van der Waals surface area (Å²) in [4.78, 5) is 15.8. The summed E-state index contributed by atoms with van der Waals surface area (Å²) in [6.45, 7) is 2.31. The van der Waals surface area contributed by atoms with Gasteiger partial charge < -0.3 is 14.6 Å². The first-order valence-electron chi connectivity index (χ1n) is 6.27. The first-order valence-corrected chi connectivity index (χ1v) is 7.79. The van der Waals surface area contributed by atoms with Gasteiger partial charge in [0.25, 0.3) is 0 Å². The van der Waals surface area contributed by atoms with Crippen LogP contribution in [-0.2, 0) is 4.74 Å². The van der Waals surface area contributed by atoms with Crippen LogP contribution in [0.25, 0.3) is 0 Å². The number of rotatable bonds is 4. The molecule has 2 heterocycles. The van der Waals surface area contributed by atoms with E-state index in [0.717, 1.165) is 0 Å². The van der Waals surface area contributed by atoms with E-state index in [1.807, 2.05) is 6.92 Å². The molecule has 1 aromatic rings. The lowest BCUT2D eigenvalue weighted by Crippen LogP contribution is -2.41. The summed E-state index contributed by atoms with van der Waals surface area (Å²) in [6.07, 6.45) is 1.80. The first kappa shape index (κ1) is 14.7. The van der Waals surface area contributed by atoms with Crippen molar-refractivity contribution >= 4 is 22.6 Å². The zero-order valence-electron chi connectivity index (χ0n) is 10.7. The van der Waals surface area contributed by atoms with Crippen molar-refractivity contribution in [2.24, 2.45) is 0 Å². The van der Waals surface area contributed by atoms with Crippen molar-refractivity contribution in [3.8, 4) is 5.88 Å². The number of aliphatic hydroxyl groups excluding tert-OH is 1. The summed E-state index contributed by atoms with van der Waals surface area (Å²) in [5.41, 5.74) is -0.389. The van der Waals surface area contributed by atoms with Crippen LogP contribution >= 0.6 is 22.6 Å². The van der Waals surface area contributed by atoms with Gasteiger partial charge in [-0.3, -0.25) is 4.57 Å². The lowest BCUT2D eigenvalue weighted by Gasteiger charge is -2.33. The van der Waals surface area contributed by atoms with Crippen LogP contribution < -0.4 is 10.4 Å². The van der Waals surface area contributed by atoms with Crippen molar-refractivity contribution in [2.75, 3.05) is 11.0 Å². The molecule has 7 heteroatoms. The van der Waals surface area contributed by atoms with Gasteiger partial charge in [0, 0.05) is 16.7 Å². The zero-order valence-corrected chi connectivity index (χ0v) is 12.8. The van der Waals surface area contributed by atoms with Gasteiger partial charge >= 0.3 is 5.69 Å². The second-order valence-electron chi connectivity index (χ2n) is 4.32. The van der Waals surface area contributed by atoms with Crippen molar-refractivity contribution in [1.29, 1.82) is 0 Å². The second-order valence-corrected chi connectivity index (χ2v) is 5.20. The number of hydrogen-bond acceptors (Lipinski definition) is 5. The number of hydrogen-bond donors (Lipinski definition) is 1. The van der Waals surface area contributed by atoms with Crippen molar-refractivity contribution in [2.45, 2.75) is 38.2 Å². The van der Waals surface area contributed by atoms with Gasteiger partial charge in [-0.15, -0.1) is 0 Å². The number of aliphatic hydroxyl groups is 1. The molecule has 2 rings (SSSR count). The van der Waals surface area contributed by atoms with E-state index in [4.69, 9.17) is 9.47 Å². The predicted molar refractivity (Wildman–Crippen MR) is 77.7 cm³/mol. The van der Waals surface area contributed by atoms with Gasteiger partial charge in [-0.2, -0.15) is 4.98 Å². The van der Waals surface area contributed by atoms with Crippen molar-refractivity contribution < 1.29 is 14.6 Å². The van der Waals surface area contributed by atoms with Gasteiger partial charge in [-0.25, -0.2) is 4.79 Å². The maximum atomic E-state index is 11.9. The fourth-order valence-corrected chi connectivity index (χ4v) is 2.84. The molecule has 1 saturated heterocycles. The van der Waals surface area contributed by atoms with Gasteiger partial charge in [-0.1, -0.05) is 22.6 Å². The molecule has 106 valence electrons. The molecule has 0 aromatic carbocycles. The summed E-state index contributed by atoms with van der Waals surface area (Å²) in [7, 11) is 0. The van der Waals surface area contributed by atoms with Gasteiger partial charge in [0.1, 0.15) is 6.23 Å². The molecule has 1 aliphatic heterocycles. The quantitative estimate of drug-likeness (QED) is 0.626. The monoisotopic (exact) mass is 380 g/mol. The Morgan fingerprint density at radius 3 is 3.05 bits per heavy atom. The Labute approximate surface area is 124 Å². The molecule has 0 aliphatic carbocycles. The molecule has 0 amide bonds. The van der Waals surface area contributed by atoms with Gasteiger partial charge in [0.2, 0.25) is 5.88 Å². The largest absolute Gasteiger partial charge is 0.478 e. The Hall–Kier alpha value is -0.670. The lowest BCUT2D eigenvalue weighted by atomic mass is 10.1. The highest BCUT2D eigenvalue weighted by molar-refractivity contribution is 14.1. The maximum Gasteiger partial charge on any atom is 0.352 e. The summed E-state index contributed by atoms with van der Waals surface area (Å²) in [5, 5.41) is 9.76. The van der Waals surface area contributed by atoms with Crippen molar-refractivity contribution in [3.63, 3.8) is 0 Å². The van der Waals surface area contributed by atoms with E-state index in [1.54, 1.807) is 12.3 Å². The molecule has 1 aromatic heterocycles. The fraction of sp³-hybridized carbons (Fsp3) is 0.667. The fourth-order valence-electron chi connectivity index (χ4n) is 2.05. The Bertz CT molecular complexity index is 479. The Kier molecular flexibility index (Phi) is 5.17. The molecule has 0 saturated carbocycles. The maximum absolute atomic E-state index is 11.9. The second kappa shape index (κ2) is 6.67. The molecular weight excluding hydrogens is 363 g/mol. The minimum atomic E-state index is -0.459. The molecular formula is C12H17IN2O4. The average Bonchev–Trinajstić information content (AvgIpc) is 2.40. The van der Waals surface area contributed by atoms with Crippen LogP contribution in [0.1, 0.15) is 26.0 Å². The van der Waals surface area contributed by atoms with E-state index < -0.39 is 6.10 Å². The third kappa shape index (κ3) is 3.46. The average molecular weight is 380 g/mol. The van der Waals surface area contributed by atoms with Crippen LogP contribution in [0.4, 0.5) is 0 Å². The zero-order chi connectivity index (χ0) is 13.8. The number of alkyl halides is 1. The molecule has 0 bridgehead atoms. The minimum Gasteiger partial charge on any atom is -0.478 e. The number of ether oxygens (including phenoxy) is 2. The highest BCUT2D eigenvalue weighted by Gasteiger charge is 2.30. The summed E-state index contributed by atoms with van der Waals surface area (Å²) in [5.74, 6) is 0.324. The Morgan fingerprint density at radius 2 is 2.42 bits per heavy atom. The van der Waals surface area contributed by atoms with Gasteiger partial charge in [-0.05, 0) is 19.8 Å². The summed E-state index contributed by atoms with van der Waals surface area (Å²) < 4.78 is 13.1. The van der Waals surface area contributed by atoms with E-state index in [0.29, 0.717) is 29.8 Å². The first-order chi connectivity index (χ1) is 9.15. The van der Waals surface area contributed by atoms with E-state index in [1.165, 1.54) is 4.57 Å². The molecule has 1 N–H and O–H groups in total. The van der Waals surface area contributed by atoms with Crippen molar-refractivity contribution in [3.05, 3.63) is 22.7 Å². The molecule has 0 unspecified atom stereocenters. The topological polar surface area (TPSA) is 73.6 Å². The van der Waals surface area contributed by atoms with Crippen LogP contribution in [0.2, 0.25) is 0 Å². The van der Waals surface area contributed by atoms with E-state index in [9.17, 15) is 9.90 Å². The summed E-state index contributed by atoms with van der Waals surface area (Å²) in [6, 6.07) is 1.65. The van der Waals surface area contributed by atoms with Crippen LogP contribution in [-0.4, -0.2) is 37.9 Å². The minimum absolute atomic E-state index is 0.238. The van der Waals surface area contributed by atoms with E-state index in [-0.39, 0.29) is 18.0 Å². The Morgan fingerprint density at radius 1 is 1.63 bits per heavy atom. The predicted octanol–water partition coefficient (Wildman–Crippen LogP) is 1.12. The van der Waals surface area contributed by atoms with Crippen LogP contribution in [0.15, 0.2) is 17.1 Å². The Balaban J connectivity index is 2.16. The molecule has 0 spiro atoms. The molecule has 1 fully saturated rings. The number of nitrogens with zero attached hydrogens (tertiary/aromatic N) is 2. The van der Waals surface area contributed by atoms with Crippen LogP contribution in [0.5, 0.6) is 5.88 Å². The third-order valence-electron chi connectivity index (χ3n) is 3.03. The van der Waals surface area contributed by atoms with Crippen molar-refractivity contribution in [1.82, 2.24) is 9.55 Å². The van der Waals surface area contributed by atoms with E-state index >= 15 is 0 Å².